The van der Waals surface area contributed by atoms with Crippen molar-refractivity contribution in [2.24, 2.45) is 5.92 Å². The van der Waals surface area contributed by atoms with Crippen molar-refractivity contribution in [3.05, 3.63) is 64.7 Å². The summed E-state index contributed by atoms with van der Waals surface area (Å²) in [5, 5.41) is 13.4. The highest BCUT2D eigenvalue weighted by Gasteiger charge is 2.38. The summed E-state index contributed by atoms with van der Waals surface area (Å²) < 4.78 is 79.1. The van der Waals surface area contributed by atoms with Crippen LogP contribution in [0.15, 0.2) is 42.5 Å². The summed E-state index contributed by atoms with van der Waals surface area (Å²) in [6, 6.07) is 6.69. The number of nitrogens with zero attached hydrogens (tertiary/aromatic N) is 2. The fourth-order valence-corrected chi connectivity index (χ4v) is 4.03. The van der Waals surface area contributed by atoms with Gasteiger partial charge in [-0.15, -0.1) is 10.2 Å². The SMILES string of the molecule is CC[C@H](C)[C@@H](NC(=O)c1cc(C(F)(F)F)cc(C(F)(F)F)c1)C(=O)Nc1nnc(-c2ccc(C)cc2)s1. The Hall–Kier alpha value is -3.48. The molecule has 3 aromatic rings. The molecule has 37 heavy (non-hydrogen) atoms. The Balaban J connectivity index is 1.84. The number of amides is 2. The van der Waals surface area contributed by atoms with Crippen LogP contribution >= 0.6 is 11.3 Å². The molecule has 0 radical (unpaired) electrons. The summed E-state index contributed by atoms with van der Waals surface area (Å²) >= 11 is 1.06. The normalized spacial score (nSPS) is 13.6. The smallest absolute Gasteiger partial charge is 0.340 e. The van der Waals surface area contributed by atoms with Crippen molar-refractivity contribution in [3.8, 4) is 10.6 Å². The van der Waals surface area contributed by atoms with Gasteiger partial charge in [-0.1, -0.05) is 61.4 Å². The van der Waals surface area contributed by atoms with Crippen LogP contribution in [0, 0.1) is 12.8 Å². The lowest BCUT2D eigenvalue weighted by Gasteiger charge is -2.23. The van der Waals surface area contributed by atoms with E-state index in [1.807, 2.05) is 31.2 Å². The first-order valence-corrected chi connectivity index (χ1v) is 11.8. The Morgan fingerprint density at radius 1 is 0.946 bits per heavy atom. The van der Waals surface area contributed by atoms with Crippen molar-refractivity contribution in [2.45, 2.75) is 45.6 Å². The number of carbonyl (C=O) groups excluding carboxylic acids is 2. The van der Waals surface area contributed by atoms with E-state index in [1.165, 1.54) is 0 Å². The largest absolute Gasteiger partial charge is 0.416 e. The number of hydrogen-bond donors (Lipinski definition) is 2. The highest BCUT2D eigenvalue weighted by Crippen LogP contribution is 2.36. The lowest BCUT2D eigenvalue weighted by atomic mass is 9.97. The van der Waals surface area contributed by atoms with Crippen LogP contribution in [0.2, 0.25) is 0 Å². The lowest BCUT2D eigenvalue weighted by molar-refractivity contribution is -0.143. The molecule has 3 rings (SSSR count). The van der Waals surface area contributed by atoms with Crippen LogP contribution in [0.1, 0.15) is 47.3 Å². The van der Waals surface area contributed by atoms with Gasteiger partial charge in [0.1, 0.15) is 11.0 Å². The maximum absolute atomic E-state index is 13.2. The molecule has 198 valence electrons. The van der Waals surface area contributed by atoms with Crippen LogP contribution in [0.3, 0.4) is 0 Å². The molecule has 1 heterocycles. The molecule has 6 nitrogen and oxygen atoms in total. The monoisotopic (exact) mass is 544 g/mol. The Morgan fingerprint density at radius 2 is 1.51 bits per heavy atom. The number of alkyl halides is 6. The van der Waals surface area contributed by atoms with Crippen molar-refractivity contribution < 1.29 is 35.9 Å². The molecular weight excluding hydrogens is 522 g/mol. The van der Waals surface area contributed by atoms with Crippen molar-refractivity contribution in [1.29, 1.82) is 0 Å². The number of aromatic nitrogens is 2. The quantitative estimate of drug-likeness (QED) is 0.341. The number of carbonyl (C=O) groups is 2. The van der Waals surface area contributed by atoms with Gasteiger partial charge in [0.2, 0.25) is 11.0 Å². The summed E-state index contributed by atoms with van der Waals surface area (Å²) in [5.74, 6) is -2.51. The van der Waals surface area contributed by atoms with E-state index < -0.39 is 52.8 Å². The first-order valence-electron chi connectivity index (χ1n) is 11.0. The Labute approximate surface area is 212 Å². The molecule has 13 heteroatoms. The molecule has 1 aromatic heterocycles. The molecule has 0 saturated carbocycles. The van der Waals surface area contributed by atoms with E-state index in [9.17, 15) is 35.9 Å². The topological polar surface area (TPSA) is 84.0 Å². The summed E-state index contributed by atoms with van der Waals surface area (Å²) in [4.78, 5) is 25.7. The second-order valence-electron chi connectivity index (χ2n) is 8.40. The molecule has 2 aromatic carbocycles. The zero-order valence-electron chi connectivity index (χ0n) is 19.8. The molecule has 0 spiro atoms. The van der Waals surface area contributed by atoms with Crippen LogP contribution in [0.4, 0.5) is 31.5 Å². The molecule has 0 fully saturated rings. The Morgan fingerprint density at radius 3 is 2.03 bits per heavy atom. The summed E-state index contributed by atoms with van der Waals surface area (Å²) in [6.07, 6.45) is -9.85. The van der Waals surface area contributed by atoms with Crippen LogP contribution < -0.4 is 10.6 Å². The third-order valence-electron chi connectivity index (χ3n) is 5.59. The number of aryl methyl sites for hydroxylation is 1. The van der Waals surface area contributed by atoms with E-state index in [4.69, 9.17) is 0 Å². The standard InChI is InChI=1S/C24H22F6N4O2S/c1-4-13(3)18(20(36)32-22-34-33-21(37-22)14-7-5-12(2)6-8-14)31-19(35)15-9-16(23(25,26)27)11-17(10-15)24(28,29)30/h5-11,13,18H,4H2,1-3H3,(H,31,35)(H,32,34,36)/t13-,18+/m0/s1. The van der Waals surface area contributed by atoms with E-state index in [0.29, 0.717) is 23.6 Å². The van der Waals surface area contributed by atoms with Crippen LogP contribution in [-0.4, -0.2) is 28.1 Å². The minimum Gasteiger partial charge on any atom is -0.340 e. The van der Waals surface area contributed by atoms with Crippen molar-refractivity contribution in [1.82, 2.24) is 15.5 Å². The highest BCUT2D eigenvalue weighted by atomic mass is 32.1. The minimum absolute atomic E-state index is 0.0727. The van der Waals surface area contributed by atoms with Crippen molar-refractivity contribution in [2.75, 3.05) is 5.32 Å². The van der Waals surface area contributed by atoms with Gasteiger partial charge in [0.15, 0.2) is 0 Å². The number of nitrogens with one attached hydrogen (secondary N) is 2. The predicted molar refractivity (Wildman–Crippen MR) is 126 cm³/mol. The molecule has 0 aliphatic rings. The first-order chi connectivity index (χ1) is 17.2. The fraction of sp³-hybridized carbons (Fsp3) is 0.333. The van der Waals surface area contributed by atoms with Gasteiger partial charge >= 0.3 is 12.4 Å². The van der Waals surface area contributed by atoms with Gasteiger partial charge in [0, 0.05) is 11.1 Å². The maximum atomic E-state index is 13.2. The van der Waals surface area contributed by atoms with Crippen molar-refractivity contribution in [3.63, 3.8) is 0 Å². The molecule has 0 unspecified atom stereocenters. The highest BCUT2D eigenvalue weighted by molar-refractivity contribution is 7.18. The van der Waals surface area contributed by atoms with Crippen LogP contribution in [-0.2, 0) is 17.1 Å². The molecule has 2 N–H and O–H groups in total. The van der Waals surface area contributed by atoms with Gasteiger partial charge in [-0.25, -0.2) is 0 Å². The van der Waals surface area contributed by atoms with Gasteiger partial charge in [-0.3, -0.25) is 14.9 Å². The summed E-state index contributed by atoms with van der Waals surface area (Å²) in [7, 11) is 0. The molecule has 0 aliphatic heterocycles. The van der Waals surface area contributed by atoms with Gasteiger partial charge in [0.25, 0.3) is 5.91 Å². The minimum atomic E-state index is -5.11. The first kappa shape index (κ1) is 28.1. The maximum Gasteiger partial charge on any atom is 0.416 e. The second kappa shape index (κ2) is 10.9. The fourth-order valence-electron chi connectivity index (χ4n) is 3.28. The Kier molecular flexibility index (Phi) is 8.25. The van der Waals surface area contributed by atoms with E-state index in [1.54, 1.807) is 13.8 Å². The Bertz CT molecular complexity index is 1240. The third kappa shape index (κ3) is 7.06. The number of rotatable bonds is 7. The average molecular weight is 545 g/mol. The van der Waals surface area contributed by atoms with Crippen LogP contribution in [0.25, 0.3) is 10.6 Å². The van der Waals surface area contributed by atoms with Crippen LogP contribution in [0.5, 0.6) is 0 Å². The van der Waals surface area contributed by atoms with Gasteiger partial charge < -0.3 is 5.32 Å². The second-order valence-corrected chi connectivity index (χ2v) is 9.38. The van der Waals surface area contributed by atoms with Gasteiger partial charge in [-0.2, -0.15) is 26.3 Å². The van der Waals surface area contributed by atoms with Crippen molar-refractivity contribution >= 4 is 28.3 Å². The van der Waals surface area contributed by atoms with E-state index in [-0.39, 0.29) is 11.2 Å². The molecule has 2 atom stereocenters. The number of hydrogen-bond acceptors (Lipinski definition) is 5. The third-order valence-corrected chi connectivity index (χ3v) is 6.47. The summed E-state index contributed by atoms with van der Waals surface area (Å²) in [5.41, 5.74) is -2.33. The summed E-state index contributed by atoms with van der Waals surface area (Å²) in [6.45, 7) is 5.24. The molecule has 0 saturated heterocycles. The van der Waals surface area contributed by atoms with E-state index >= 15 is 0 Å². The lowest BCUT2D eigenvalue weighted by Crippen LogP contribution is -2.47. The van der Waals surface area contributed by atoms with E-state index in [2.05, 4.69) is 20.8 Å². The zero-order valence-corrected chi connectivity index (χ0v) is 20.6. The van der Waals surface area contributed by atoms with E-state index in [0.717, 1.165) is 22.5 Å². The molecule has 0 bridgehead atoms. The molecular formula is C24H22F6N4O2S. The predicted octanol–water partition coefficient (Wildman–Crippen LogP) is 6.33. The van der Waals surface area contributed by atoms with Gasteiger partial charge in [-0.05, 0) is 31.0 Å². The number of benzene rings is 2. The molecule has 0 aliphatic carbocycles. The van der Waals surface area contributed by atoms with Gasteiger partial charge in [0.05, 0.1) is 11.1 Å². The number of halogens is 6. The average Bonchev–Trinajstić information content (AvgIpc) is 3.29. The zero-order chi connectivity index (χ0) is 27.5. The number of anilines is 1. The molecule has 2 amide bonds.